The molecular weight excluding hydrogens is 294 g/mol. The van der Waals surface area contributed by atoms with Crippen molar-refractivity contribution in [2.24, 2.45) is 0 Å². The molecule has 3 nitrogen and oxygen atoms in total. The van der Waals surface area contributed by atoms with Crippen LogP contribution in [0, 0.1) is 6.92 Å². The monoisotopic (exact) mass is 311 g/mol. The van der Waals surface area contributed by atoms with E-state index in [-0.39, 0.29) is 0 Å². The second-order valence-corrected chi connectivity index (χ2v) is 6.43. The number of rotatable bonds is 1. The molecule has 2 heterocycles. The van der Waals surface area contributed by atoms with Crippen molar-refractivity contribution in [1.82, 2.24) is 14.6 Å². The number of aromatic nitrogens is 3. The lowest BCUT2D eigenvalue weighted by Gasteiger charge is -2.08. The second-order valence-electron chi connectivity index (χ2n) is 5.99. The molecule has 0 aliphatic heterocycles. The van der Waals surface area contributed by atoms with Gasteiger partial charge in [0.05, 0.1) is 5.69 Å². The van der Waals surface area contributed by atoms with Crippen molar-refractivity contribution in [2.45, 2.75) is 39.0 Å². The van der Waals surface area contributed by atoms with Gasteiger partial charge in [-0.2, -0.15) is 5.10 Å². The molecule has 0 fully saturated rings. The van der Waals surface area contributed by atoms with Crippen molar-refractivity contribution >= 4 is 17.2 Å². The molecule has 1 aromatic carbocycles. The average Bonchev–Trinajstić information content (AvgIpc) is 2.71. The van der Waals surface area contributed by atoms with E-state index in [4.69, 9.17) is 21.7 Å². The molecule has 2 aromatic heterocycles. The molecule has 0 unspecified atom stereocenters. The van der Waals surface area contributed by atoms with Gasteiger partial charge < -0.3 is 0 Å². The zero-order valence-corrected chi connectivity index (χ0v) is 13.4. The number of hydrogen-bond acceptors (Lipinski definition) is 2. The van der Waals surface area contributed by atoms with Gasteiger partial charge in [0.25, 0.3) is 0 Å². The zero-order chi connectivity index (χ0) is 15.1. The van der Waals surface area contributed by atoms with Crippen molar-refractivity contribution in [3.05, 3.63) is 52.4 Å². The fraction of sp³-hybridized carbons (Fsp3) is 0.333. The predicted octanol–water partition coefficient (Wildman–Crippen LogP) is 4.63. The molecular formula is C18H18ClN3. The number of hydrogen-bond donors (Lipinski definition) is 0. The Morgan fingerprint density at radius 2 is 1.82 bits per heavy atom. The minimum Gasteiger partial charge on any atom is -0.236 e. The highest BCUT2D eigenvalue weighted by Gasteiger charge is 2.18. The Morgan fingerprint density at radius 3 is 2.64 bits per heavy atom. The smallest absolute Gasteiger partial charge is 0.163 e. The molecule has 4 heteroatoms. The number of halogens is 1. The van der Waals surface area contributed by atoms with Gasteiger partial charge in [-0.05, 0) is 55.9 Å². The van der Waals surface area contributed by atoms with Crippen LogP contribution in [0.3, 0.4) is 0 Å². The topological polar surface area (TPSA) is 30.2 Å². The average molecular weight is 312 g/mol. The van der Waals surface area contributed by atoms with Crippen LogP contribution in [0.5, 0.6) is 0 Å². The van der Waals surface area contributed by atoms with E-state index in [2.05, 4.69) is 17.6 Å². The second kappa shape index (κ2) is 5.40. The van der Waals surface area contributed by atoms with Gasteiger partial charge in [-0.1, -0.05) is 30.2 Å². The summed E-state index contributed by atoms with van der Waals surface area (Å²) in [5, 5.41) is 5.54. The molecule has 0 amide bonds. The molecule has 22 heavy (non-hydrogen) atoms. The molecule has 1 aliphatic rings. The van der Waals surface area contributed by atoms with Crippen LogP contribution in [-0.2, 0) is 12.8 Å². The summed E-state index contributed by atoms with van der Waals surface area (Å²) in [5.74, 6) is 0. The summed E-state index contributed by atoms with van der Waals surface area (Å²) in [4.78, 5) is 4.72. The van der Waals surface area contributed by atoms with Crippen molar-refractivity contribution in [3.8, 4) is 11.1 Å². The van der Waals surface area contributed by atoms with Crippen LogP contribution in [0.1, 0.15) is 36.2 Å². The quantitative estimate of drug-likeness (QED) is 0.613. The maximum absolute atomic E-state index is 6.01. The first-order chi connectivity index (χ1) is 10.7. The summed E-state index contributed by atoms with van der Waals surface area (Å²) in [7, 11) is 0. The van der Waals surface area contributed by atoms with Gasteiger partial charge >= 0.3 is 0 Å². The minimum atomic E-state index is 0.750. The van der Waals surface area contributed by atoms with E-state index in [9.17, 15) is 0 Å². The summed E-state index contributed by atoms with van der Waals surface area (Å²) in [6.07, 6.45) is 8.05. The summed E-state index contributed by atoms with van der Waals surface area (Å²) < 4.78 is 2.07. The lowest BCUT2D eigenvalue weighted by atomic mass is 10.1. The summed E-state index contributed by atoms with van der Waals surface area (Å²) >= 11 is 6.01. The summed E-state index contributed by atoms with van der Waals surface area (Å²) in [5.41, 5.74) is 6.91. The van der Waals surface area contributed by atoms with Crippen LogP contribution >= 0.6 is 11.6 Å². The van der Waals surface area contributed by atoms with Gasteiger partial charge in [0, 0.05) is 22.5 Å². The Hall–Kier alpha value is -1.87. The fourth-order valence-corrected chi connectivity index (χ4v) is 3.51. The van der Waals surface area contributed by atoms with Gasteiger partial charge in [-0.3, -0.25) is 0 Å². The van der Waals surface area contributed by atoms with Gasteiger partial charge in [0.1, 0.15) is 0 Å². The van der Waals surface area contributed by atoms with Crippen LogP contribution in [0.4, 0.5) is 0 Å². The Balaban J connectivity index is 1.95. The van der Waals surface area contributed by atoms with Crippen LogP contribution < -0.4 is 0 Å². The normalized spacial score (nSPS) is 14.8. The third-order valence-corrected chi connectivity index (χ3v) is 4.75. The molecule has 0 bridgehead atoms. The van der Waals surface area contributed by atoms with Crippen molar-refractivity contribution in [2.75, 3.05) is 0 Å². The van der Waals surface area contributed by atoms with E-state index in [0.717, 1.165) is 40.3 Å². The van der Waals surface area contributed by atoms with Crippen molar-refractivity contribution in [1.29, 1.82) is 0 Å². The van der Waals surface area contributed by atoms with E-state index in [1.807, 2.05) is 24.3 Å². The van der Waals surface area contributed by atoms with E-state index in [1.54, 1.807) is 0 Å². The van der Waals surface area contributed by atoms with Crippen molar-refractivity contribution in [3.63, 3.8) is 0 Å². The standard InChI is InChI=1S/C18H18ClN3/c1-12-17(13-7-9-15(19)10-8-13)18-20-11-14-5-3-2-4-6-16(14)22(18)21-12/h7-11H,2-6H2,1H3. The number of aryl methyl sites for hydroxylation is 3. The van der Waals surface area contributed by atoms with E-state index in [0.29, 0.717) is 0 Å². The molecule has 0 spiro atoms. The number of nitrogens with zero attached hydrogens (tertiary/aromatic N) is 3. The number of benzene rings is 1. The molecule has 0 atom stereocenters. The zero-order valence-electron chi connectivity index (χ0n) is 12.6. The summed E-state index contributed by atoms with van der Waals surface area (Å²) in [6.45, 7) is 2.06. The molecule has 0 saturated carbocycles. The SMILES string of the molecule is Cc1nn2c3c(cnc2c1-c1ccc(Cl)cc1)CCCCC3. The molecule has 1 aliphatic carbocycles. The van der Waals surface area contributed by atoms with Crippen LogP contribution in [0.25, 0.3) is 16.8 Å². The highest BCUT2D eigenvalue weighted by atomic mass is 35.5. The first-order valence-corrected chi connectivity index (χ1v) is 8.24. The predicted molar refractivity (Wildman–Crippen MR) is 89.4 cm³/mol. The molecule has 0 radical (unpaired) electrons. The highest BCUT2D eigenvalue weighted by molar-refractivity contribution is 6.30. The fourth-order valence-electron chi connectivity index (χ4n) is 3.39. The van der Waals surface area contributed by atoms with Gasteiger partial charge in [0.15, 0.2) is 5.65 Å². The maximum atomic E-state index is 6.01. The number of fused-ring (bicyclic) bond motifs is 3. The third kappa shape index (κ3) is 2.20. The first-order valence-electron chi connectivity index (χ1n) is 7.86. The Labute approximate surface area is 135 Å². The van der Waals surface area contributed by atoms with Gasteiger partial charge in [-0.25, -0.2) is 9.50 Å². The Bertz CT molecular complexity index is 834. The maximum Gasteiger partial charge on any atom is 0.163 e. The molecule has 3 aromatic rings. The summed E-state index contributed by atoms with van der Waals surface area (Å²) in [6, 6.07) is 7.92. The third-order valence-electron chi connectivity index (χ3n) is 4.50. The van der Waals surface area contributed by atoms with E-state index >= 15 is 0 Å². The Kier molecular flexibility index (Phi) is 3.38. The lowest BCUT2D eigenvalue weighted by Crippen LogP contribution is -2.04. The van der Waals surface area contributed by atoms with E-state index < -0.39 is 0 Å². The Morgan fingerprint density at radius 1 is 1.05 bits per heavy atom. The lowest BCUT2D eigenvalue weighted by molar-refractivity contribution is 0.701. The molecule has 0 saturated heterocycles. The largest absolute Gasteiger partial charge is 0.236 e. The van der Waals surface area contributed by atoms with Crippen LogP contribution in [0.2, 0.25) is 5.02 Å². The van der Waals surface area contributed by atoms with Crippen LogP contribution in [0.15, 0.2) is 30.5 Å². The highest BCUT2D eigenvalue weighted by Crippen LogP contribution is 2.30. The van der Waals surface area contributed by atoms with Gasteiger partial charge in [0.2, 0.25) is 0 Å². The molecule has 4 rings (SSSR count). The van der Waals surface area contributed by atoms with Gasteiger partial charge in [-0.15, -0.1) is 0 Å². The first kappa shape index (κ1) is 13.8. The van der Waals surface area contributed by atoms with Crippen LogP contribution in [-0.4, -0.2) is 14.6 Å². The minimum absolute atomic E-state index is 0.750. The molecule has 0 N–H and O–H groups in total. The van der Waals surface area contributed by atoms with Crippen molar-refractivity contribution < 1.29 is 0 Å². The molecule has 112 valence electrons. The van der Waals surface area contributed by atoms with E-state index in [1.165, 1.54) is 30.5 Å².